The van der Waals surface area contributed by atoms with E-state index in [-0.39, 0.29) is 6.17 Å². The maximum absolute atomic E-state index is 11.5. The summed E-state index contributed by atoms with van der Waals surface area (Å²) in [5, 5.41) is 5.55. The van der Waals surface area contributed by atoms with E-state index in [9.17, 15) is 13.2 Å². The van der Waals surface area contributed by atoms with Gasteiger partial charge < -0.3 is 10.1 Å². The van der Waals surface area contributed by atoms with Gasteiger partial charge in [0.15, 0.2) is 0 Å². The first kappa shape index (κ1) is 15.2. The molecule has 0 bridgehead atoms. The lowest BCUT2D eigenvalue weighted by molar-refractivity contribution is 0.0498. The maximum atomic E-state index is 11.5. The van der Waals surface area contributed by atoms with Gasteiger partial charge in [-0.1, -0.05) is 0 Å². The normalized spacial score (nSPS) is 24.9. The molecule has 8 heteroatoms. The zero-order valence-corrected chi connectivity index (χ0v) is 11.8. The van der Waals surface area contributed by atoms with E-state index in [1.165, 1.54) is 0 Å². The van der Waals surface area contributed by atoms with Crippen molar-refractivity contribution in [3.8, 4) is 0 Å². The van der Waals surface area contributed by atoms with Crippen molar-refractivity contribution in [1.82, 2.24) is 10.6 Å². The lowest BCUT2D eigenvalue weighted by atomic mass is 10.2. The Balaban J connectivity index is 2.37. The topological polar surface area (TPSA) is 93.7 Å². The predicted molar refractivity (Wildman–Crippen MR) is 65.5 cm³/mol. The molecule has 0 spiro atoms. The Kier molecular flexibility index (Phi) is 4.57. The molecule has 1 rings (SSSR count). The predicted octanol–water partition coefficient (Wildman–Crippen LogP) is 0.175. The molecule has 0 saturated carbocycles. The van der Waals surface area contributed by atoms with Gasteiger partial charge in [-0.15, -0.1) is 0 Å². The monoisotopic (exact) mass is 280 g/mol. The fourth-order valence-corrected chi connectivity index (χ4v) is 2.22. The van der Waals surface area contributed by atoms with Crippen LogP contribution in [0.2, 0.25) is 0 Å². The molecule has 7 nitrogen and oxygen atoms in total. The largest absolute Gasteiger partial charge is 0.444 e. The van der Waals surface area contributed by atoms with E-state index in [1.807, 2.05) is 0 Å². The number of carbonyl (C=O) groups excluding carboxylic acids is 1. The summed E-state index contributed by atoms with van der Waals surface area (Å²) in [5.41, 5.74) is -0.564. The lowest BCUT2D eigenvalue weighted by Gasteiger charge is -2.21. The molecule has 1 amide bonds. The summed E-state index contributed by atoms with van der Waals surface area (Å²) < 4.78 is 31.8. The van der Waals surface area contributed by atoms with Gasteiger partial charge in [0.05, 0.1) is 18.5 Å². The number of rotatable bonds is 3. The van der Waals surface area contributed by atoms with Crippen LogP contribution in [-0.2, 0) is 19.0 Å². The summed E-state index contributed by atoms with van der Waals surface area (Å²) in [4.78, 5) is 11.5. The van der Waals surface area contributed by atoms with Gasteiger partial charge in [0.1, 0.15) is 5.60 Å². The second-order valence-corrected chi connectivity index (χ2v) is 6.87. The SMILES string of the molecule is CC(C)(C)OC(=O)NC1CC(OS(C)(=O)=O)CN1. The second-order valence-electron chi connectivity index (χ2n) is 5.27. The molecule has 106 valence electrons. The molecule has 0 aromatic heterocycles. The molecule has 1 aliphatic heterocycles. The van der Waals surface area contributed by atoms with Gasteiger partial charge in [-0.3, -0.25) is 9.50 Å². The van der Waals surface area contributed by atoms with Gasteiger partial charge in [0, 0.05) is 13.0 Å². The number of alkyl carbamates (subject to hydrolysis) is 1. The van der Waals surface area contributed by atoms with Crippen LogP contribution < -0.4 is 10.6 Å². The van der Waals surface area contributed by atoms with Crippen LogP contribution in [0, 0.1) is 0 Å². The maximum Gasteiger partial charge on any atom is 0.408 e. The Bertz CT molecular complexity index is 401. The summed E-state index contributed by atoms with van der Waals surface area (Å²) in [7, 11) is -3.47. The van der Waals surface area contributed by atoms with Crippen molar-refractivity contribution >= 4 is 16.2 Å². The molecule has 0 aromatic carbocycles. The molecule has 1 fully saturated rings. The number of nitrogens with one attached hydrogen (secondary N) is 2. The van der Waals surface area contributed by atoms with Crippen LogP contribution in [-0.4, -0.2) is 45.2 Å². The number of amides is 1. The van der Waals surface area contributed by atoms with Crippen molar-refractivity contribution in [3.05, 3.63) is 0 Å². The highest BCUT2D eigenvalue weighted by atomic mass is 32.2. The third-order valence-corrected chi connectivity index (χ3v) is 2.71. The van der Waals surface area contributed by atoms with Crippen LogP contribution in [0.4, 0.5) is 4.79 Å². The molecule has 0 aromatic rings. The van der Waals surface area contributed by atoms with E-state index in [4.69, 9.17) is 8.92 Å². The minimum absolute atomic E-state index is 0.341. The first-order valence-corrected chi connectivity index (χ1v) is 7.48. The first-order valence-electron chi connectivity index (χ1n) is 5.66. The molecule has 1 saturated heterocycles. The van der Waals surface area contributed by atoms with Crippen molar-refractivity contribution in [1.29, 1.82) is 0 Å². The van der Waals surface area contributed by atoms with Gasteiger partial charge in [-0.25, -0.2) is 4.79 Å². The average Bonchev–Trinajstić information content (AvgIpc) is 2.44. The van der Waals surface area contributed by atoms with Crippen LogP contribution >= 0.6 is 0 Å². The number of ether oxygens (including phenoxy) is 1. The highest BCUT2D eigenvalue weighted by Gasteiger charge is 2.29. The molecular weight excluding hydrogens is 260 g/mol. The van der Waals surface area contributed by atoms with Crippen LogP contribution in [0.25, 0.3) is 0 Å². The Morgan fingerprint density at radius 1 is 1.39 bits per heavy atom. The highest BCUT2D eigenvalue weighted by Crippen LogP contribution is 2.12. The van der Waals surface area contributed by atoms with E-state index < -0.39 is 27.9 Å². The van der Waals surface area contributed by atoms with Gasteiger partial charge in [0.2, 0.25) is 0 Å². The fourth-order valence-electron chi connectivity index (χ4n) is 1.58. The smallest absolute Gasteiger partial charge is 0.408 e. The third kappa shape index (κ3) is 6.18. The van der Waals surface area contributed by atoms with Crippen molar-refractivity contribution in [2.24, 2.45) is 0 Å². The minimum atomic E-state index is -3.47. The van der Waals surface area contributed by atoms with Crippen LogP contribution in [0.5, 0.6) is 0 Å². The second kappa shape index (κ2) is 5.41. The van der Waals surface area contributed by atoms with Gasteiger partial charge >= 0.3 is 6.09 Å². The summed E-state index contributed by atoms with van der Waals surface area (Å²) >= 11 is 0. The zero-order chi connectivity index (χ0) is 14.0. The molecule has 2 unspecified atom stereocenters. The summed E-state index contributed by atoms with van der Waals surface area (Å²) in [6.45, 7) is 5.67. The van der Waals surface area contributed by atoms with E-state index in [0.717, 1.165) is 6.26 Å². The number of hydrogen-bond acceptors (Lipinski definition) is 6. The van der Waals surface area contributed by atoms with Crippen molar-refractivity contribution in [3.63, 3.8) is 0 Å². The molecule has 18 heavy (non-hydrogen) atoms. The summed E-state index contributed by atoms with van der Waals surface area (Å²) in [6.07, 6.45) is 0.0417. The van der Waals surface area contributed by atoms with Crippen LogP contribution in [0.1, 0.15) is 27.2 Å². The third-order valence-electron chi connectivity index (χ3n) is 2.09. The molecular formula is C10H20N2O5S. The van der Waals surface area contributed by atoms with Crippen molar-refractivity contribution < 1.29 is 22.1 Å². The Morgan fingerprint density at radius 2 is 2.00 bits per heavy atom. The van der Waals surface area contributed by atoms with Gasteiger partial charge in [-0.2, -0.15) is 8.42 Å². The molecule has 2 atom stereocenters. The highest BCUT2D eigenvalue weighted by molar-refractivity contribution is 7.86. The molecule has 0 aliphatic carbocycles. The summed E-state index contributed by atoms with van der Waals surface area (Å²) in [5.74, 6) is 0. The standard InChI is InChI=1S/C10H20N2O5S/c1-10(2,3)16-9(13)12-8-5-7(6-11-8)17-18(4,14)15/h7-8,11H,5-6H2,1-4H3,(H,12,13). The number of carbonyl (C=O) groups is 1. The van der Waals surface area contributed by atoms with Crippen molar-refractivity contribution in [2.75, 3.05) is 12.8 Å². The van der Waals surface area contributed by atoms with E-state index in [2.05, 4.69) is 10.6 Å². The Morgan fingerprint density at radius 3 is 2.50 bits per heavy atom. The minimum Gasteiger partial charge on any atom is -0.444 e. The van der Waals surface area contributed by atoms with E-state index >= 15 is 0 Å². The van der Waals surface area contributed by atoms with E-state index in [1.54, 1.807) is 20.8 Å². The van der Waals surface area contributed by atoms with Gasteiger partial charge in [0.25, 0.3) is 10.1 Å². The zero-order valence-electron chi connectivity index (χ0n) is 11.0. The van der Waals surface area contributed by atoms with Gasteiger partial charge in [-0.05, 0) is 20.8 Å². The average molecular weight is 280 g/mol. The van der Waals surface area contributed by atoms with E-state index in [0.29, 0.717) is 13.0 Å². The molecule has 1 heterocycles. The van der Waals surface area contributed by atoms with Crippen LogP contribution in [0.3, 0.4) is 0 Å². The Hall–Kier alpha value is -0.860. The quantitative estimate of drug-likeness (QED) is 0.716. The van der Waals surface area contributed by atoms with Crippen molar-refractivity contribution in [2.45, 2.75) is 45.1 Å². The lowest BCUT2D eigenvalue weighted by Crippen LogP contribution is -2.43. The fraction of sp³-hybridized carbons (Fsp3) is 0.900. The first-order chi connectivity index (χ1) is 8.05. The number of hydrogen-bond donors (Lipinski definition) is 2. The van der Waals surface area contributed by atoms with Crippen LogP contribution in [0.15, 0.2) is 0 Å². The molecule has 1 aliphatic rings. The molecule has 0 radical (unpaired) electrons. The Labute approximate surface area is 107 Å². The summed E-state index contributed by atoms with van der Waals surface area (Å²) in [6, 6.07) is 0. The molecule has 2 N–H and O–H groups in total.